The van der Waals surface area contributed by atoms with Crippen molar-refractivity contribution in [2.24, 2.45) is 0 Å². The minimum atomic E-state index is 0.0632. The topological polar surface area (TPSA) is 12.9 Å². The molecule has 1 unspecified atom stereocenters. The van der Waals surface area contributed by atoms with Crippen LogP contribution in [-0.2, 0) is 6.42 Å². The molecule has 0 bridgehead atoms. The maximum Gasteiger partial charge on any atom is 0.0588 e. The van der Waals surface area contributed by atoms with Crippen molar-refractivity contribution < 1.29 is 0 Å². The Bertz CT molecular complexity index is 689. The second kappa shape index (κ2) is 6.06. The van der Waals surface area contributed by atoms with Crippen LogP contribution in [0.1, 0.15) is 22.9 Å². The van der Waals surface area contributed by atoms with Gasteiger partial charge in [-0.1, -0.05) is 48.5 Å². The maximum absolute atomic E-state index is 6.49. The molecule has 0 radical (unpaired) electrons. The van der Waals surface area contributed by atoms with Crippen molar-refractivity contribution in [3.05, 3.63) is 78.1 Å². The van der Waals surface area contributed by atoms with E-state index in [0.717, 1.165) is 12.8 Å². The van der Waals surface area contributed by atoms with E-state index in [1.165, 1.54) is 21.9 Å². The average molecular weight is 282 g/mol. The van der Waals surface area contributed by atoms with Gasteiger partial charge in [0.05, 0.1) is 5.38 Å². The summed E-state index contributed by atoms with van der Waals surface area (Å²) in [6, 6.07) is 18.7. The first-order valence-corrected chi connectivity index (χ1v) is 7.29. The molecule has 0 fully saturated rings. The highest BCUT2D eigenvalue weighted by molar-refractivity contribution is 6.20. The van der Waals surface area contributed by atoms with Crippen molar-refractivity contribution in [2.45, 2.75) is 18.2 Å². The second-order valence-corrected chi connectivity index (χ2v) is 5.46. The van der Waals surface area contributed by atoms with E-state index in [2.05, 4.69) is 41.4 Å². The van der Waals surface area contributed by atoms with Gasteiger partial charge in [0.1, 0.15) is 0 Å². The summed E-state index contributed by atoms with van der Waals surface area (Å²) in [7, 11) is 0. The molecule has 0 saturated carbocycles. The van der Waals surface area contributed by atoms with E-state index in [4.69, 9.17) is 11.6 Å². The van der Waals surface area contributed by atoms with Crippen molar-refractivity contribution in [3.8, 4) is 0 Å². The van der Waals surface area contributed by atoms with E-state index in [1.54, 1.807) is 0 Å². The Morgan fingerprint density at radius 2 is 1.80 bits per heavy atom. The molecule has 0 saturated heterocycles. The minimum absolute atomic E-state index is 0.0632. The Kier molecular flexibility index (Phi) is 3.98. The van der Waals surface area contributed by atoms with Crippen LogP contribution in [0.3, 0.4) is 0 Å². The molecule has 1 aromatic heterocycles. The zero-order valence-electron chi connectivity index (χ0n) is 11.2. The largest absolute Gasteiger partial charge is 0.264 e. The lowest BCUT2D eigenvalue weighted by atomic mass is 9.99. The molecular formula is C18H16ClN. The van der Waals surface area contributed by atoms with Gasteiger partial charge in [-0.2, -0.15) is 0 Å². The predicted molar refractivity (Wildman–Crippen MR) is 85.1 cm³/mol. The lowest BCUT2D eigenvalue weighted by Gasteiger charge is -2.11. The number of aromatic nitrogens is 1. The molecule has 0 spiro atoms. The molecule has 0 aliphatic carbocycles. The van der Waals surface area contributed by atoms with Crippen molar-refractivity contribution in [3.63, 3.8) is 0 Å². The first-order chi connectivity index (χ1) is 9.84. The fourth-order valence-corrected chi connectivity index (χ4v) is 2.77. The Morgan fingerprint density at radius 3 is 2.65 bits per heavy atom. The molecule has 20 heavy (non-hydrogen) atoms. The Morgan fingerprint density at radius 1 is 0.950 bits per heavy atom. The normalized spacial score (nSPS) is 12.4. The number of alkyl halides is 1. The summed E-state index contributed by atoms with van der Waals surface area (Å²) in [4.78, 5) is 4.17. The van der Waals surface area contributed by atoms with Crippen molar-refractivity contribution >= 4 is 22.4 Å². The number of nitrogens with zero attached hydrogens (tertiary/aromatic N) is 1. The zero-order chi connectivity index (χ0) is 13.8. The van der Waals surface area contributed by atoms with Crippen LogP contribution in [0.5, 0.6) is 0 Å². The van der Waals surface area contributed by atoms with Gasteiger partial charge in [-0.25, -0.2) is 0 Å². The molecule has 2 heteroatoms. The molecule has 1 atom stereocenters. The fraction of sp³-hybridized carbons (Fsp3) is 0.167. The third kappa shape index (κ3) is 2.83. The third-order valence-corrected chi connectivity index (χ3v) is 4.07. The Balaban J connectivity index is 1.77. The van der Waals surface area contributed by atoms with Gasteiger partial charge in [0.15, 0.2) is 0 Å². The molecule has 0 aliphatic heterocycles. The number of pyridine rings is 1. The summed E-state index contributed by atoms with van der Waals surface area (Å²) in [6.45, 7) is 0. The van der Waals surface area contributed by atoms with Gasteiger partial charge in [-0.15, -0.1) is 11.6 Å². The SMILES string of the molecule is ClC(CCc1cccc2cnccc12)c1ccccc1. The van der Waals surface area contributed by atoms with Gasteiger partial charge in [-0.3, -0.25) is 4.98 Å². The molecule has 100 valence electrons. The molecule has 3 aromatic rings. The Hall–Kier alpha value is -1.86. The maximum atomic E-state index is 6.49. The van der Waals surface area contributed by atoms with Gasteiger partial charge in [0.25, 0.3) is 0 Å². The second-order valence-electron chi connectivity index (χ2n) is 4.93. The predicted octanol–water partition coefficient (Wildman–Crippen LogP) is 5.15. The molecule has 0 N–H and O–H groups in total. The Labute approximate surface area is 124 Å². The molecular weight excluding hydrogens is 266 g/mol. The minimum Gasteiger partial charge on any atom is -0.264 e. The molecule has 0 amide bonds. The van der Waals surface area contributed by atoms with Crippen LogP contribution in [0.4, 0.5) is 0 Å². The summed E-state index contributed by atoms with van der Waals surface area (Å²) in [5.41, 5.74) is 2.53. The monoisotopic (exact) mass is 281 g/mol. The molecule has 3 rings (SSSR count). The number of hydrogen-bond acceptors (Lipinski definition) is 1. The van der Waals surface area contributed by atoms with Crippen LogP contribution in [-0.4, -0.2) is 4.98 Å². The van der Waals surface area contributed by atoms with Crippen LogP contribution in [0, 0.1) is 0 Å². The van der Waals surface area contributed by atoms with Crippen LogP contribution >= 0.6 is 11.6 Å². The smallest absolute Gasteiger partial charge is 0.0588 e. The van der Waals surface area contributed by atoms with Crippen molar-refractivity contribution in [1.29, 1.82) is 0 Å². The standard InChI is InChI=1S/C18H16ClN/c19-18(15-5-2-1-3-6-15)10-9-14-7-4-8-16-13-20-12-11-17(14)16/h1-8,11-13,18H,9-10H2. The highest BCUT2D eigenvalue weighted by atomic mass is 35.5. The number of hydrogen-bond donors (Lipinski definition) is 0. The van der Waals surface area contributed by atoms with Crippen LogP contribution in [0.2, 0.25) is 0 Å². The lowest BCUT2D eigenvalue weighted by molar-refractivity contribution is 0.797. The van der Waals surface area contributed by atoms with Crippen LogP contribution in [0.25, 0.3) is 10.8 Å². The van der Waals surface area contributed by atoms with Gasteiger partial charge < -0.3 is 0 Å². The van der Waals surface area contributed by atoms with E-state index >= 15 is 0 Å². The summed E-state index contributed by atoms with van der Waals surface area (Å²) >= 11 is 6.49. The van der Waals surface area contributed by atoms with Gasteiger partial charge in [-0.05, 0) is 35.4 Å². The molecule has 0 aliphatic rings. The van der Waals surface area contributed by atoms with Gasteiger partial charge >= 0.3 is 0 Å². The molecule has 1 heterocycles. The summed E-state index contributed by atoms with van der Waals surface area (Å²) in [5, 5.41) is 2.53. The highest BCUT2D eigenvalue weighted by Gasteiger charge is 2.08. The first-order valence-electron chi connectivity index (χ1n) is 6.85. The van der Waals surface area contributed by atoms with Crippen LogP contribution < -0.4 is 0 Å². The lowest BCUT2D eigenvalue weighted by Crippen LogP contribution is -1.95. The highest BCUT2D eigenvalue weighted by Crippen LogP contribution is 2.27. The van der Waals surface area contributed by atoms with E-state index < -0.39 is 0 Å². The van der Waals surface area contributed by atoms with E-state index in [-0.39, 0.29) is 5.38 Å². The van der Waals surface area contributed by atoms with Crippen molar-refractivity contribution in [1.82, 2.24) is 4.98 Å². The number of aryl methyl sites for hydroxylation is 1. The van der Waals surface area contributed by atoms with E-state index in [9.17, 15) is 0 Å². The molecule has 1 nitrogen and oxygen atoms in total. The molecule has 2 aromatic carbocycles. The van der Waals surface area contributed by atoms with Gasteiger partial charge in [0.2, 0.25) is 0 Å². The first kappa shape index (κ1) is 13.1. The number of halogens is 1. The van der Waals surface area contributed by atoms with E-state index in [1.807, 2.05) is 30.6 Å². The zero-order valence-corrected chi connectivity index (χ0v) is 11.9. The fourth-order valence-electron chi connectivity index (χ4n) is 2.52. The quantitative estimate of drug-likeness (QED) is 0.603. The van der Waals surface area contributed by atoms with Crippen LogP contribution in [0.15, 0.2) is 67.0 Å². The van der Waals surface area contributed by atoms with Gasteiger partial charge in [0, 0.05) is 17.8 Å². The average Bonchev–Trinajstić information content (AvgIpc) is 2.53. The third-order valence-electron chi connectivity index (χ3n) is 3.60. The van der Waals surface area contributed by atoms with E-state index in [0.29, 0.717) is 0 Å². The summed E-state index contributed by atoms with van der Waals surface area (Å²) < 4.78 is 0. The summed E-state index contributed by atoms with van der Waals surface area (Å²) in [5.74, 6) is 0. The number of fused-ring (bicyclic) bond motifs is 1. The number of rotatable bonds is 4. The number of benzene rings is 2. The van der Waals surface area contributed by atoms with Crippen molar-refractivity contribution in [2.75, 3.05) is 0 Å². The summed E-state index contributed by atoms with van der Waals surface area (Å²) in [6.07, 6.45) is 5.67.